The van der Waals surface area contributed by atoms with Gasteiger partial charge in [-0.15, -0.1) is 0 Å². The van der Waals surface area contributed by atoms with Gasteiger partial charge in [0.1, 0.15) is 5.75 Å². The average molecular weight is 320 g/mol. The van der Waals surface area contributed by atoms with Crippen LogP contribution in [0.4, 0.5) is 5.69 Å². The maximum atomic E-state index is 11.7. The molecule has 0 saturated heterocycles. The molecule has 1 unspecified atom stereocenters. The van der Waals surface area contributed by atoms with Crippen molar-refractivity contribution in [1.29, 1.82) is 0 Å². The highest BCUT2D eigenvalue weighted by atomic mass is 35.5. The van der Waals surface area contributed by atoms with Crippen LogP contribution in [0, 0.1) is 5.92 Å². The molecule has 0 bridgehead atoms. The Kier molecular flexibility index (Phi) is 5.52. The van der Waals surface area contributed by atoms with Crippen molar-refractivity contribution < 1.29 is 23.1 Å². The zero-order chi connectivity index (χ0) is 15.3. The number of rotatable bonds is 6. The standard InChI is InChI=1S/C12H14ClNO5S/c1-8(12(16)17)6-20(18,19)7-11(15)14-10-5-3-2-4-9(10)13/h2-5,8H,6-7H2,1H3,(H,14,15)(H,16,17). The number of carboxylic acid groups (broad SMARTS) is 1. The summed E-state index contributed by atoms with van der Waals surface area (Å²) >= 11 is 5.82. The zero-order valence-corrected chi connectivity index (χ0v) is 12.2. The van der Waals surface area contributed by atoms with E-state index in [1.165, 1.54) is 13.0 Å². The largest absolute Gasteiger partial charge is 0.481 e. The average Bonchev–Trinajstić information content (AvgIpc) is 2.30. The predicted octanol–water partition coefficient (Wildman–Crippen LogP) is 1.41. The molecule has 0 fully saturated rings. The summed E-state index contributed by atoms with van der Waals surface area (Å²) in [6.07, 6.45) is 0. The number of aliphatic carboxylic acids is 1. The third-order valence-corrected chi connectivity index (χ3v) is 4.46. The molecule has 20 heavy (non-hydrogen) atoms. The summed E-state index contributed by atoms with van der Waals surface area (Å²) in [5.74, 6) is -4.41. The van der Waals surface area contributed by atoms with E-state index in [4.69, 9.17) is 16.7 Å². The molecule has 1 rings (SSSR count). The Bertz CT molecular complexity index is 614. The van der Waals surface area contributed by atoms with E-state index in [0.717, 1.165) is 0 Å². The van der Waals surface area contributed by atoms with Crippen molar-refractivity contribution in [3.63, 3.8) is 0 Å². The molecule has 110 valence electrons. The molecule has 0 spiro atoms. The van der Waals surface area contributed by atoms with E-state index < -0.39 is 39.1 Å². The number of nitrogens with one attached hydrogen (secondary N) is 1. The van der Waals surface area contributed by atoms with Gasteiger partial charge in [-0.3, -0.25) is 9.59 Å². The van der Waals surface area contributed by atoms with E-state index in [1.54, 1.807) is 18.2 Å². The molecule has 0 aliphatic heterocycles. The topological polar surface area (TPSA) is 101 Å². The number of para-hydroxylation sites is 1. The van der Waals surface area contributed by atoms with Gasteiger partial charge in [0, 0.05) is 0 Å². The monoisotopic (exact) mass is 319 g/mol. The van der Waals surface area contributed by atoms with E-state index >= 15 is 0 Å². The number of amides is 1. The third kappa shape index (κ3) is 5.18. The number of carbonyl (C=O) groups excluding carboxylic acids is 1. The molecular weight excluding hydrogens is 306 g/mol. The van der Waals surface area contributed by atoms with Crippen LogP contribution < -0.4 is 5.32 Å². The van der Waals surface area contributed by atoms with Gasteiger partial charge in [0.05, 0.1) is 22.4 Å². The van der Waals surface area contributed by atoms with Gasteiger partial charge < -0.3 is 10.4 Å². The minimum absolute atomic E-state index is 0.289. The Morgan fingerprint density at radius 2 is 1.95 bits per heavy atom. The molecule has 8 heteroatoms. The second-order valence-electron chi connectivity index (χ2n) is 4.32. The van der Waals surface area contributed by atoms with Gasteiger partial charge in [-0.25, -0.2) is 8.42 Å². The summed E-state index contributed by atoms with van der Waals surface area (Å²) in [7, 11) is -3.79. The van der Waals surface area contributed by atoms with Crippen molar-refractivity contribution in [2.75, 3.05) is 16.8 Å². The molecule has 0 aliphatic rings. The highest BCUT2D eigenvalue weighted by Crippen LogP contribution is 2.20. The summed E-state index contributed by atoms with van der Waals surface area (Å²) in [6.45, 7) is 1.27. The summed E-state index contributed by atoms with van der Waals surface area (Å²) < 4.78 is 23.3. The molecule has 0 saturated carbocycles. The van der Waals surface area contributed by atoms with Crippen LogP contribution in [0.15, 0.2) is 24.3 Å². The fourth-order valence-corrected chi connectivity index (χ4v) is 3.14. The van der Waals surface area contributed by atoms with Crippen molar-refractivity contribution in [3.8, 4) is 0 Å². The minimum atomic E-state index is -3.79. The van der Waals surface area contributed by atoms with Crippen LogP contribution in [0.1, 0.15) is 6.92 Å². The number of sulfone groups is 1. The van der Waals surface area contributed by atoms with E-state index in [-0.39, 0.29) is 5.02 Å². The lowest BCUT2D eigenvalue weighted by Crippen LogP contribution is -2.29. The Morgan fingerprint density at radius 1 is 1.35 bits per heavy atom. The van der Waals surface area contributed by atoms with Crippen LogP contribution in [-0.4, -0.2) is 36.9 Å². The van der Waals surface area contributed by atoms with Gasteiger partial charge in [0.15, 0.2) is 9.84 Å². The Hall–Kier alpha value is -1.60. The molecule has 1 atom stereocenters. The van der Waals surface area contributed by atoms with Crippen molar-refractivity contribution in [2.45, 2.75) is 6.92 Å². The lowest BCUT2D eigenvalue weighted by Gasteiger charge is -2.09. The van der Waals surface area contributed by atoms with Gasteiger partial charge in [0.2, 0.25) is 5.91 Å². The second kappa shape index (κ2) is 6.71. The molecule has 2 N–H and O–H groups in total. The van der Waals surface area contributed by atoms with Gasteiger partial charge in [-0.05, 0) is 12.1 Å². The number of hydrogen-bond acceptors (Lipinski definition) is 4. The maximum absolute atomic E-state index is 11.7. The Labute approximate surface area is 121 Å². The van der Waals surface area contributed by atoms with Crippen LogP contribution in [0.5, 0.6) is 0 Å². The number of hydrogen-bond donors (Lipinski definition) is 2. The van der Waals surface area contributed by atoms with Crippen LogP contribution in [0.2, 0.25) is 5.02 Å². The van der Waals surface area contributed by atoms with Gasteiger partial charge in [-0.1, -0.05) is 30.7 Å². The highest BCUT2D eigenvalue weighted by Gasteiger charge is 2.23. The molecule has 1 aromatic rings. The SMILES string of the molecule is CC(CS(=O)(=O)CC(=O)Nc1ccccc1Cl)C(=O)O. The van der Waals surface area contributed by atoms with Crippen LogP contribution in [-0.2, 0) is 19.4 Å². The van der Waals surface area contributed by atoms with E-state index in [9.17, 15) is 18.0 Å². The van der Waals surface area contributed by atoms with Gasteiger partial charge >= 0.3 is 5.97 Å². The molecule has 0 heterocycles. The molecule has 6 nitrogen and oxygen atoms in total. The highest BCUT2D eigenvalue weighted by molar-refractivity contribution is 7.92. The first kappa shape index (κ1) is 16.5. The smallest absolute Gasteiger partial charge is 0.307 e. The number of halogens is 1. The predicted molar refractivity (Wildman–Crippen MR) is 75.5 cm³/mol. The normalized spacial score (nSPS) is 12.7. The van der Waals surface area contributed by atoms with Crippen molar-refractivity contribution >= 4 is 39.0 Å². The number of carboxylic acids is 1. The molecule has 0 aliphatic carbocycles. The van der Waals surface area contributed by atoms with Crippen molar-refractivity contribution in [1.82, 2.24) is 0 Å². The second-order valence-corrected chi connectivity index (χ2v) is 6.84. The Balaban J connectivity index is 2.67. The fraction of sp³-hybridized carbons (Fsp3) is 0.333. The zero-order valence-electron chi connectivity index (χ0n) is 10.7. The number of carbonyl (C=O) groups is 2. The van der Waals surface area contributed by atoms with Crippen LogP contribution in [0.25, 0.3) is 0 Å². The van der Waals surface area contributed by atoms with E-state index in [0.29, 0.717) is 5.69 Å². The molecule has 1 aromatic carbocycles. The van der Waals surface area contributed by atoms with E-state index in [1.807, 2.05) is 0 Å². The molecular formula is C12H14ClNO5S. The first-order valence-electron chi connectivity index (χ1n) is 5.69. The minimum Gasteiger partial charge on any atom is -0.481 e. The van der Waals surface area contributed by atoms with E-state index in [2.05, 4.69) is 5.32 Å². The summed E-state index contributed by atoms with van der Waals surface area (Å²) in [5.41, 5.74) is 0.306. The summed E-state index contributed by atoms with van der Waals surface area (Å²) in [6, 6.07) is 6.40. The van der Waals surface area contributed by atoms with Crippen molar-refractivity contribution in [3.05, 3.63) is 29.3 Å². The first-order chi connectivity index (χ1) is 9.21. The van der Waals surface area contributed by atoms with Gasteiger partial charge in [0.25, 0.3) is 0 Å². The Morgan fingerprint density at radius 3 is 2.50 bits per heavy atom. The molecule has 0 aromatic heterocycles. The number of benzene rings is 1. The number of anilines is 1. The van der Waals surface area contributed by atoms with Gasteiger partial charge in [-0.2, -0.15) is 0 Å². The quantitative estimate of drug-likeness (QED) is 0.825. The summed E-state index contributed by atoms with van der Waals surface area (Å²) in [5, 5.41) is 11.3. The van der Waals surface area contributed by atoms with Crippen LogP contribution >= 0.6 is 11.6 Å². The van der Waals surface area contributed by atoms with Crippen molar-refractivity contribution in [2.24, 2.45) is 5.92 Å². The lowest BCUT2D eigenvalue weighted by atomic mass is 10.2. The molecule has 0 radical (unpaired) electrons. The van der Waals surface area contributed by atoms with Crippen LogP contribution in [0.3, 0.4) is 0 Å². The maximum Gasteiger partial charge on any atom is 0.307 e. The fourth-order valence-electron chi connectivity index (χ4n) is 1.46. The third-order valence-electron chi connectivity index (χ3n) is 2.42. The molecule has 1 amide bonds. The lowest BCUT2D eigenvalue weighted by molar-refractivity contribution is -0.140. The first-order valence-corrected chi connectivity index (χ1v) is 7.89. The summed E-state index contributed by atoms with van der Waals surface area (Å²) in [4.78, 5) is 22.3.